The molecule has 1 saturated heterocycles. The van der Waals surface area contributed by atoms with E-state index >= 15 is 0 Å². The second-order valence-electron chi connectivity index (χ2n) is 6.69. The van der Waals surface area contributed by atoms with Gasteiger partial charge in [-0.3, -0.25) is 14.4 Å². The highest BCUT2D eigenvalue weighted by Crippen LogP contribution is 2.44. The number of rotatable bonds is 2. The molecule has 0 amide bonds. The summed E-state index contributed by atoms with van der Waals surface area (Å²) in [7, 11) is 0. The number of hydrogen-bond donors (Lipinski definition) is 0. The van der Waals surface area contributed by atoms with Crippen molar-refractivity contribution in [2.45, 2.75) is 39.4 Å². The SMILES string of the molecule is CC1=Cc2c(C)c(C(=O)C3C(=O)CC4(CC3=O)OO4)cc(C)c2OS1. The molecule has 7 heteroatoms. The van der Waals surface area contributed by atoms with Crippen LogP contribution >= 0.6 is 12.0 Å². The summed E-state index contributed by atoms with van der Waals surface area (Å²) < 4.78 is 5.68. The van der Waals surface area contributed by atoms with E-state index in [9.17, 15) is 14.4 Å². The van der Waals surface area contributed by atoms with E-state index in [2.05, 4.69) is 0 Å². The molecule has 0 unspecified atom stereocenters. The van der Waals surface area contributed by atoms with Crippen LogP contribution in [-0.4, -0.2) is 23.1 Å². The van der Waals surface area contributed by atoms with Crippen molar-refractivity contribution in [2.24, 2.45) is 5.92 Å². The fourth-order valence-electron chi connectivity index (χ4n) is 3.39. The lowest BCUT2D eigenvalue weighted by atomic mass is 9.78. The van der Waals surface area contributed by atoms with Crippen molar-refractivity contribution < 1.29 is 28.3 Å². The van der Waals surface area contributed by atoms with Gasteiger partial charge in [-0.25, -0.2) is 0 Å². The first-order chi connectivity index (χ1) is 11.8. The predicted octanol–water partition coefficient (Wildman–Crippen LogP) is 3.09. The zero-order valence-corrected chi connectivity index (χ0v) is 14.8. The fraction of sp³-hybridized carbons (Fsp3) is 0.389. The maximum absolute atomic E-state index is 13.0. The predicted molar refractivity (Wildman–Crippen MR) is 89.8 cm³/mol. The molecule has 25 heavy (non-hydrogen) atoms. The van der Waals surface area contributed by atoms with Crippen molar-refractivity contribution in [1.82, 2.24) is 0 Å². The summed E-state index contributed by atoms with van der Waals surface area (Å²) in [6.45, 7) is 5.57. The van der Waals surface area contributed by atoms with Crippen molar-refractivity contribution in [3.05, 3.63) is 33.2 Å². The Morgan fingerprint density at radius 1 is 1.16 bits per heavy atom. The number of fused-ring (bicyclic) bond motifs is 1. The van der Waals surface area contributed by atoms with Crippen molar-refractivity contribution in [3.8, 4) is 5.75 Å². The van der Waals surface area contributed by atoms with Gasteiger partial charge < -0.3 is 4.18 Å². The molecule has 1 spiro atoms. The van der Waals surface area contributed by atoms with Crippen molar-refractivity contribution >= 4 is 35.5 Å². The van der Waals surface area contributed by atoms with E-state index in [0.29, 0.717) is 16.9 Å². The largest absolute Gasteiger partial charge is 0.420 e. The van der Waals surface area contributed by atoms with Crippen LogP contribution in [-0.2, 0) is 19.4 Å². The van der Waals surface area contributed by atoms with Crippen LogP contribution in [0.4, 0.5) is 0 Å². The number of allylic oxidation sites excluding steroid dienone is 1. The Labute approximate surface area is 148 Å². The number of ketones is 3. The summed E-state index contributed by atoms with van der Waals surface area (Å²) in [6, 6.07) is 1.70. The summed E-state index contributed by atoms with van der Waals surface area (Å²) in [6.07, 6.45) is 1.81. The summed E-state index contributed by atoms with van der Waals surface area (Å²) in [5.74, 6) is -3.04. The molecule has 0 aromatic heterocycles. The van der Waals surface area contributed by atoms with Crippen LogP contribution in [0.25, 0.3) is 6.08 Å². The lowest BCUT2D eigenvalue weighted by Gasteiger charge is -2.24. The molecule has 130 valence electrons. The van der Waals surface area contributed by atoms with E-state index in [4.69, 9.17) is 14.0 Å². The molecule has 2 heterocycles. The first-order valence-electron chi connectivity index (χ1n) is 7.95. The van der Waals surface area contributed by atoms with E-state index in [1.807, 2.05) is 19.9 Å². The Kier molecular flexibility index (Phi) is 3.64. The van der Waals surface area contributed by atoms with Crippen LogP contribution in [0.5, 0.6) is 5.75 Å². The van der Waals surface area contributed by atoms with Crippen molar-refractivity contribution in [3.63, 3.8) is 0 Å². The fourth-order valence-corrected chi connectivity index (χ4v) is 4.00. The highest BCUT2D eigenvalue weighted by Gasteiger charge is 2.59. The minimum atomic E-state index is -1.28. The zero-order chi connectivity index (χ0) is 17.9. The van der Waals surface area contributed by atoms with Gasteiger partial charge in [0.25, 0.3) is 0 Å². The van der Waals surface area contributed by atoms with Gasteiger partial charge in [-0.2, -0.15) is 9.78 Å². The quantitative estimate of drug-likeness (QED) is 0.263. The number of aryl methyl sites for hydroxylation is 1. The van der Waals surface area contributed by atoms with Gasteiger partial charge >= 0.3 is 0 Å². The van der Waals surface area contributed by atoms with Gasteiger partial charge in [-0.15, -0.1) is 0 Å². The average molecular weight is 360 g/mol. The van der Waals surface area contributed by atoms with Gasteiger partial charge in [0.15, 0.2) is 17.3 Å². The normalized spacial score (nSPS) is 21.6. The molecule has 2 fully saturated rings. The summed E-state index contributed by atoms with van der Waals surface area (Å²) >= 11 is 1.27. The van der Waals surface area contributed by atoms with Gasteiger partial charge in [0.1, 0.15) is 11.7 Å². The van der Waals surface area contributed by atoms with Crippen LogP contribution in [0.3, 0.4) is 0 Å². The van der Waals surface area contributed by atoms with Crippen LogP contribution in [0.1, 0.15) is 46.8 Å². The Morgan fingerprint density at radius 2 is 1.80 bits per heavy atom. The molecule has 0 radical (unpaired) electrons. The average Bonchev–Trinajstić information content (AvgIpc) is 3.28. The first-order valence-corrected chi connectivity index (χ1v) is 8.69. The van der Waals surface area contributed by atoms with Crippen LogP contribution < -0.4 is 4.18 Å². The Balaban J connectivity index is 1.74. The molecule has 1 aromatic rings. The summed E-state index contributed by atoms with van der Waals surface area (Å²) in [5.41, 5.74) is 2.71. The van der Waals surface area contributed by atoms with Gasteiger partial charge in [0.05, 0.1) is 24.9 Å². The monoisotopic (exact) mass is 360 g/mol. The third-order valence-electron chi connectivity index (χ3n) is 4.75. The minimum Gasteiger partial charge on any atom is -0.420 e. The molecule has 0 atom stereocenters. The number of Topliss-reactive ketones (excluding diaryl/α,β-unsaturated/α-hetero) is 3. The van der Waals surface area contributed by atoms with Gasteiger partial charge in [0.2, 0.25) is 5.79 Å². The molecule has 1 saturated carbocycles. The molecular formula is C18H16O6S. The minimum absolute atomic E-state index is 0.0725. The Morgan fingerprint density at radius 3 is 2.40 bits per heavy atom. The number of carbonyl (C=O) groups is 3. The van der Waals surface area contributed by atoms with Crippen molar-refractivity contribution in [1.29, 1.82) is 0 Å². The van der Waals surface area contributed by atoms with E-state index in [-0.39, 0.29) is 12.8 Å². The van der Waals surface area contributed by atoms with Crippen LogP contribution in [0.15, 0.2) is 11.0 Å². The number of hydrogen-bond acceptors (Lipinski definition) is 7. The lowest BCUT2D eigenvalue weighted by molar-refractivity contribution is -0.135. The Bertz CT molecular complexity index is 845. The number of carbonyl (C=O) groups excluding carboxylic acids is 3. The smallest absolute Gasteiger partial charge is 0.247 e. The van der Waals surface area contributed by atoms with E-state index < -0.39 is 29.1 Å². The lowest BCUT2D eigenvalue weighted by Crippen LogP contribution is -2.42. The van der Waals surface area contributed by atoms with Gasteiger partial charge in [0, 0.05) is 16.0 Å². The highest BCUT2D eigenvalue weighted by atomic mass is 32.2. The molecule has 1 aliphatic carbocycles. The van der Waals surface area contributed by atoms with Gasteiger partial charge in [-0.1, -0.05) is 0 Å². The number of benzene rings is 1. The van der Waals surface area contributed by atoms with E-state index in [1.165, 1.54) is 12.0 Å². The first kappa shape index (κ1) is 16.5. The maximum atomic E-state index is 13.0. The molecule has 0 bridgehead atoms. The third-order valence-corrected chi connectivity index (χ3v) is 5.38. The van der Waals surface area contributed by atoms with Crippen LogP contribution in [0, 0.1) is 19.8 Å². The molecule has 3 aliphatic rings. The second-order valence-corrected chi connectivity index (χ2v) is 7.67. The topological polar surface area (TPSA) is 85.5 Å². The summed E-state index contributed by atoms with van der Waals surface area (Å²) in [4.78, 5) is 48.2. The second kappa shape index (κ2) is 5.52. The molecule has 4 rings (SSSR count). The summed E-state index contributed by atoms with van der Waals surface area (Å²) in [5, 5.41) is 0. The third kappa shape index (κ3) is 2.63. The van der Waals surface area contributed by atoms with Crippen LogP contribution in [0.2, 0.25) is 0 Å². The van der Waals surface area contributed by atoms with E-state index in [1.54, 1.807) is 13.0 Å². The highest BCUT2D eigenvalue weighted by molar-refractivity contribution is 7.99. The molecule has 2 aliphatic heterocycles. The van der Waals surface area contributed by atoms with Crippen molar-refractivity contribution in [2.75, 3.05) is 0 Å². The molecule has 1 aromatic carbocycles. The Hall–Kier alpha value is -1.96. The molecular weight excluding hydrogens is 344 g/mol. The zero-order valence-electron chi connectivity index (χ0n) is 14.0. The standard InChI is InChI=1S/C18H16O6S/c1-8-4-11(10(3)12-5-9(2)25-22-17(8)12)16(21)15-13(19)6-18(23-24-18)7-14(15)20/h4-5,15H,6-7H2,1-3H3. The van der Waals surface area contributed by atoms with E-state index in [0.717, 1.165) is 16.0 Å². The van der Waals surface area contributed by atoms with Gasteiger partial charge in [-0.05, 0) is 44.0 Å². The molecule has 0 N–H and O–H groups in total. The maximum Gasteiger partial charge on any atom is 0.247 e. The molecule has 6 nitrogen and oxygen atoms in total.